The van der Waals surface area contributed by atoms with Crippen LogP contribution in [0.15, 0.2) is 48.8 Å². The molecule has 1 amide bonds. The minimum Gasteiger partial charge on any atom is -0.395 e. The van der Waals surface area contributed by atoms with Gasteiger partial charge in [-0.2, -0.15) is 0 Å². The first-order valence-electron chi connectivity index (χ1n) is 9.87. The van der Waals surface area contributed by atoms with Gasteiger partial charge in [-0.05, 0) is 67.6 Å². The van der Waals surface area contributed by atoms with E-state index in [0.29, 0.717) is 24.2 Å². The minimum atomic E-state index is -3.69. The summed E-state index contributed by atoms with van der Waals surface area (Å²) >= 11 is 0. The molecule has 1 aliphatic heterocycles. The van der Waals surface area contributed by atoms with Gasteiger partial charge in [0.2, 0.25) is 5.91 Å². The molecule has 3 heterocycles. The van der Waals surface area contributed by atoms with E-state index in [1.807, 2.05) is 26.0 Å². The molecule has 0 saturated heterocycles. The van der Waals surface area contributed by atoms with Crippen molar-refractivity contribution in [3.05, 3.63) is 65.5 Å². The van der Waals surface area contributed by atoms with Crippen molar-refractivity contribution in [2.45, 2.75) is 38.4 Å². The zero-order valence-corrected chi connectivity index (χ0v) is 16.9. The lowest BCUT2D eigenvalue weighted by molar-refractivity contribution is -0.286. The van der Waals surface area contributed by atoms with E-state index in [4.69, 9.17) is 0 Å². The normalized spacial score (nSPS) is 17.3. The maximum atomic E-state index is 13.3. The van der Waals surface area contributed by atoms with Crippen molar-refractivity contribution in [2.24, 2.45) is 0 Å². The molecule has 6 nitrogen and oxygen atoms in total. The van der Waals surface area contributed by atoms with Crippen LogP contribution in [0.1, 0.15) is 29.5 Å². The van der Waals surface area contributed by atoms with Crippen LogP contribution in [-0.2, 0) is 10.2 Å². The summed E-state index contributed by atoms with van der Waals surface area (Å²) in [5.74, 6) is 0.0827. The van der Waals surface area contributed by atoms with Crippen LogP contribution in [-0.4, -0.2) is 22.2 Å². The number of rotatable bonds is 4. The first-order valence-corrected chi connectivity index (χ1v) is 9.87. The molecular formula is C23H19F2N3O3. The molecular weight excluding hydrogens is 404 g/mol. The second-order valence-corrected chi connectivity index (χ2v) is 7.98. The zero-order valence-electron chi connectivity index (χ0n) is 16.9. The van der Waals surface area contributed by atoms with Gasteiger partial charge in [0.15, 0.2) is 11.5 Å². The molecule has 1 aromatic carbocycles. The van der Waals surface area contributed by atoms with Crippen molar-refractivity contribution < 1.29 is 23.0 Å². The van der Waals surface area contributed by atoms with Gasteiger partial charge in [-0.25, -0.2) is 4.98 Å². The predicted molar refractivity (Wildman–Crippen MR) is 109 cm³/mol. The number of halogens is 2. The Balaban J connectivity index is 1.40. The lowest BCUT2D eigenvalue weighted by Crippen LogP contribution is -2.28. The Morgan fingerprint density at radius 1 is 1.03 bits per heavy atom. The van der Waals surface area contributed by atoms with Crippen LogP contribution in [0.4, 0.5) is 14.6 Å². The average molecular weight is 423 g/mol. The molecule has 0 radical (unpaired) electrons. The molecule has 2 aliphatic rings. The molecule has 1 fully saturated rings. The first-order chi connectivity index (χ1) is 14.8. The summed E-state index contributed by atoms with van der Waals surface area (Å²) in [7, 11) is 0. The molecule has 1 aliphatic carbocycles. The molecule has 1 N–H and O–H groups in total. The van der Waals surface area contributed by atoms with Gasteiger partial charge in [-0.15, -0.1) is 8.78 Å². The highest BCUT2D eigenvalue weighted by molar-refractivity contribution is 6.01. The lowest BCUT2D eigenvalue weighted by Gasteiger charge is -2.17. The number of amides is 1. The molecule has 0 spiro atoms. The van der Waals surface area contributed by atoms with Gasteiger partial charge in [0, 0.05) is 18.0 Å². The number of anilines is 1. The van der Waals surface area contributed by atoms with Crippen LogP contribution in [0.2, 0.25) is 0 Å². The number of aryl methyl sites for hydroxylation is 2. The van der Waals surface area contributed by atoms with Gasteiger partial charge in [-0.1, -0.05) is 12.1 Å². The zero-order chi connectivity index (χ0) is 21.8. The maximum absolute atomic E-state index is 13.3. The third kappa shape index (κ3) is 3.48. The SMILES string of the molecule is Cc1cncc(-c2nc(NC(=O)C3(c4ccc5c(c4)OC(F)(F)O5)CC3)ccc2C)c1. The van der Waals surface area contributed by atoms with Crippen molar-refractivity contribution >= 4 is 11.7 Å². The standard InChI is InChI=1S/C23H19F2N3O3/c1-13-9-15(12-26-11-13)20-14(2)3-6-19(27-20)28-21(29)22(7-8-22)16-4-5-17-18(10-16)31-23(24,25)30-17/h3-6,9-12H,7-8H2,1-2H3,(H,27,28,29). The number of pyridine rings is 2. The molecule has 0 bridgehead atoms. The second-order valence-electron chi connectivity index (χ2n) is 7.98. The van der Waals surface area contributed by atoms with Crippen molar-refractivity contribution in [3.8, 4) is 22.8 Å². The van der Waals surface area contributed by atoms with E-state index in [0.717, 1.165) is 22.4 Å². The maximum Gasteiger partial charge on any atom is 0.586 e. The van der Waals surface area contributed by atoms with E-state index in [-0.39, 0.29) is 17.4 Å². The number of fused-ring (bicyclic) bond motifs is 1. The number of carbonyl (C=O) groups excluding carboxylic acids is 1. The van der Waals surface area contributed by atoms with E-state index in [1.54, 1.807) is 24.5 Å². The highest BCUT2D eigenvalue weighted by Crippen LogP contribution is 2.52. The number of ether oxygens (including phenoxy) is 2. The summed E-state index contributed by atoms with van der Waals surface area (Å²) in [6.07, 6.45) is 1.03. The average Bonchev–Trinajstić information content (AvgIpc) is 3.46. The van der Waals surface area contributed by atoms with Crippen molar-refractivity contribution in [2.75, 3.05) is 5.32 Å². The second kappa shape index (κ2) is 6.73. The quantitative estimate of drug-likeness (QED) is 0.656. The number of nitrogens with zero attached hydrogens (tertiary/aromatic N) is 2. The number of hydrogen-bond donors (Lipinski definition) is 1. The first kappa shape index (κ1) is 19.4. The van der Waals surface area contributed by atoms with Gasteiger partial charge in [-0.3, -0.25) is 9.78 Å². The topological polar surface area (TPSA) is 73.3 Å². The largest absolute Gasteiger partial charge is 0.586 e. The monoisotopic (exact) mass is 423 g/mol. The van der Waals surface area contributed by atoms with E-state index in [9.17, 15) is 13.6 Å². The highest BCUT2D eigenvalue weighted by Gasteiger charge is 2.53. The number of aromatic nitrogens is 2. The Morgan fingerprint density at radius 3 is 2.55 bits per heavy atom. The minimum absolute atomic E-state index is 0.0402. The van der Waals surface area contributed by atoms with E-state index >= 15 is 0 Å². The molecule has 0 atom stereocenters. The van der Waals surface area contributed by atoms with Gasteiger partial charge >= 0.3 is 6.29 Å². The number of nitrogens with one attached hydrogen (secondary N) is 1. The third-order valence-electron chi connectivity index (χ3n) is 5.63. The van der Waals surface area contributed by atoms with Crippen LogP contribution in [0.5, 0.6) is 11.5 Å². The Hall–Kier alpha value is -3.55. The number of benzene rings is 1. The highest BCUT2D eigenvalue weighted by atomic mass is 19.3. The molecule has 158 valence electrons. The fourth-order valence-electron chi connectivity index (χ4n) is 3.83. The van der Waals surface area contributed by atoms with Crippen molar-refractivity contribution in [1.82, 2.24) is 9.97 Å². The summed E-state index contributed by atoms with van der Waals surface area (Å²) in [5, 5.41) is 2.89. The fourth-order valence-corrected chi connectivity index (χ4v) is 3.83. The lowest BCUT2D eigenvalue weighted by atomic mass is 9.94. The summed E-state index contributed by atoms with van der Waals surface area (Å²) in [6.45, 7) is 3.90. The van der Waals surface area contributed by atoms with Crippen molar-refractivity contribution in [1.29, 1.82) is 0 Å². The Labute approximate surface area is 177 Å². The van der Waals surface area contributed by atoms with E-state index in [1.165, 1.54) is 12.1 Å². The van der Waals surface area contributed by atoms with Crippen LogP contribution < -0.4 is 14.8 Å². The molecule has 2 aromatic heterocycles. The summed E-state index contributed by atoms with van der Waals surface area (Å²) in [4.78, 5) is 22.0. The predicted octanol–water partition coefficient (Wildman–Crippen LogP) is 4.75. The third-order valence-corrected chi connectivity index (χ3v) is 5.63. The van der Waals surface area contributed by atoms with Crippen LogP contribution in [0, 0.1) is 13.8 Å². The molecule has 5 rings (SSSR count). The molecule has 31 heavy (non-hydrogen) atoms. The molecule has 1 saturated carbocycles. The Morgan fingerprint density at radius 2 is 1.81 bits per heavy atom. The van der Waals surface area contributed by atoms with E-state index < -0.39 is 11.7 Å². The number of alkyl halides is 2. The van der Waals surface area contributed by atoms with Crippen LogP contribution in [0.3, 0.4) is 0 Å². The summed E-state index contributed by atoms with van der Waals surface area (Å²) in [5.41, 5.74) is 3.39. The number of hydrogen-bond acceptors (Lipinski definition) is 5. The van der Waals surface area contributed by atoms with Gasteiger partial charge in [0.05, 0.1) is 11.1 Å². The summed E-state index contributed by atoms with van der Waals surface area (Å²) in [6, 6.07) is 10.1. The van der Waals surface area contributed by atoms with Gasteiger partial charge in [0.1, 0.15) is 5.82 Å². The molecule has 0 unspecified atom stereocenters. The van der Waals surface area contributed by atoms with Gasteiger partial charge in [0.25, 0.3) is 0 Å². The Bertz CT molecular complexity index is 1210. The molecule has 8 heteroatoms. The number of carbonyl (C=O) groups is 1. The summed E-state index contributed by atoms with van der Waals surface area (Å²) < 4.78 is 35.6. The van der Waals surface area contributed by atoms with Crippen LogP contribution >= 0.6 is 0 Å². The van der Waals surface area contributed by atoms with Crippen LogP contribution in [0.25, 0.3) is 11.3 Å². The van der Waals surface area contributed by atoms with E-state index in [2.05, 4.69) is 24.8 Å². The smallest absolute Gasteiger partial charge is 0.395 e. The van der Waals surface area contributed by atoms with Crippen molar-refractivity contribution in [3.63, 3.8) is 0 Å². The molecule has 3 aromatic rings. The fraction of sp³-hybridized carbons (Fsp3) is 0.261. The Kier molecular flexibility index (Phi) is 4.22. The van der Waals surface area contributed by atoms with Gasteiger partial charge < -0.3 is 14.8 Å².